The van der Waals surface area contributed by atoms with E-state index in [0.717, 1.165) is 12.8 Å². The summed E-state index contributed by atoms with van der Waals surface area (Å²) in [5.74, 6) is 0.504. The van der Waals surface area contributed by atoms with Gasteiger partial charge in [0, 0.05) is 20.6 Å². The second-order valence-electron chi connectivity index (χ2n) is 3.32. The van der Waals surface area contributed by atoms with Crippen molar-refractivity contribution in [2.45, 2.75) is 19.3 Å². The van der Waals surface area contributed by atoms with Crippen molar-refractivity contribution in [2.24, 2.45) is 5.92 Å². The maximum absolute atomic E-state index is 11.5. The van der Waals surface area contributed by atoms with Crippen LogP contribution in [0.2, 0.25) is 0 Å². The van der Waals surface area contributed by atoms with Gasteiger partial charge in [0.25, 0.3) is 0 Å². The largest absolute Gasteiger partial charge is 0.337 e. The molecular weight excluding hydrogens is 191 g/mol. The second-order valence-corrected chi connectivity index (χ2v) is 5.59. The first-order chi connectivity index (χ1) is 6.09. The lowest BCUT2D eigenvalue weighted by Crippen LogP contribution is -2.08. The Bertz CT molecular complexity index is 226. The average Bonchev–Trinajstić information content (AvgIpc) is 2.88. The van der Waals surface area contributed by atoms with Crippen molar-refractivity contribution in [2.75, 3.05) is 20.4 Å². The third-order valence-corrected chi connectivity index (χ3v) is 3.99. The highest BCUT2D eigenvalue weighted by Crippen LogP contribution is 2.47. The van der Waals surface area contributed by atoms with E-state index in [1.54, 1.807) is 0 Å². The number of carbonyl (C=O) groups excluding carboxylic acids is 1. The summed E-state index contributed by atoms with van der Waals surface area (Å²) >= 11 is 0. The van der Waals surface area contributed by atoms with Crippen LogP contribution >= 0.6 is 7.60 Å². The zero-order valence-corrected chi connectivity index (χ0v) is 8.88. The molecule has 4 nitrogen and oxygen atoms in total. The summed E-state index contributed by atoms with van der Waals surface area (Å²) in [5, 5.41) is 0. The predicted molar refractivity (Wildman–Crippen MR) is 48.8 cm³/mol. The van der Waals surface area contributed by atoms with Crippen LogP contribution < -0.4 is 0 Å². The fraction of sp³-hybridized carbons (Fsp3) is 0.875. The third kappa shape index (κ3) is 3.59. The van der Waals surface area contributed by atoms with Crippen LogP contribution in [0.25, 0.3) is 0 Å². The molecule has 1 aliphatic carbocycles. The molecule has 0 radical (unpaired) electrons. The molecular formula is C8H15O4P. The Hall–Kier alpha value is -0.180. The van der Waals surface area contributed by atoms with Crippen molar-refractivity contribution < 1.29 is 18.4 Å². The molecule has 0 amide bonds. The van der Waals surface area contributed by atoms with Crippen molar-refractivity contribution in [3.8, 4) is 0 Å². The Kier molecular flexibility index (Phi) is 3.65. The van der Waals surface area contributed by atoms with Crippen LogP contribution in [-0.2, 0) is 18.4 Å². The summed E-state index contributed by atoms with van der Waals surface area (Å²) in [4.78, 5) is 11.3. The maximum atomic E-state index is 11.5. The van der Waals surface area contributed by atoms with Gasteiger partial charge in [0.1, 0.15) is 11.9 Å². The van der Waals surface area contributed by atoms with Crippen LogP contribution in [-0.4, -0.2) is 26.2 Å². The summed E-state index contributed by atoms with van der Waals surface area (Å²) < 4.78 is 20.8. The molecule has 0 saturated heterocycles. The van der Waals surface area contributed by atoms with E-state index in [4.69, 9.17) is 0 Å². The molecule has 13 heavy (non-hydrogen) atoms. The minimum atomic E-state index is -3.12. The first-order valence-electron chi connectivity index (χ1n) is 4.32. The van der Waals surface area contributed by atoms with Gasteiger partial charge in [-0.3, -0.25) is 9.36 Å². The van der Waals surface area contributed by atoms with Crippen molar-refractivity contribution in [1.29, 1.82) is 0 Å². The van der Waals surface area contributed by atoms with Crippen molar-refractivity contribution >= 4 is 13.4 Å². The highest BCUT2D eigenvalue weighted by atomic mass is 31.2. The maximum Gasteiger partial charge on any atom is 0.337 e. The summed E-state index contributed by atoms with van der Waals surface area (Å²) in [6.45, 7) is 0. The summed E-state index contributed by atoms with van der Waals surface area (Å²) in [5.41, 5.74) is 0. The van der Waals surface area contributed by atoms with E-state index in [9.17, 15) is 9.36 Å². The molecule has 0 aliphatic heterocycles. The number of rotatable bonds is 6. The van der Waals surface area contributed by atoms with Crippen LogP contribution in [0.15, 0.2) is 0 Å². The van der Waals surface area contributed by atoms with E-state index >= 15 is 0 Å². The standard InChI is InChI=1S/C8H15O4P/c1-11-13(10,12-2)6-8(9)5-7-3-4-7/h7H,3-6H2,1-2H3. The lowest BCUT2D eigenvalue weighted by atomic mass is 10.2. The molecule has 0 spiro atoms. The monoisotopic (exact) mass is 206 g/mol. The minimum absolute atomic E-state index is 0.0190. The first-order valence-corrected chi connectivity index (χ1v) is 6.04. The number of hydrogen-bond acceptors (Lipinski definition) is 4. The zero-order valence-electron chi connectivity index (χ0n) is 7.99. The van der Waals surface area contributed by atoms with E-state index in [0.29, 0.717) is 12.3 Å². The van der Waals surface area contributed by atoms with Crippen LogP contribution in [0, 0.1) is 5.92 Å². The highest BCUT2D eigenvalue weighted by Gasteiger charge is 2.30. The van der Waals surface area contributed by atoms with Gasteiger partial charge in [-0.05, 0) is 18.8 Å². The Morgan fingerprint density at radius 3 is 2.31 bits per heavy atom. The van der Waals surface area contributed by atoms with E-state index < -0.39 is 7.60 Å². The van der Waals surface area contributed by atoms with E-state index in [1.807, 2.05) is 0 Å². The van der Waals surface area contributed by atoms with Gasteiger partial charge >= 0.3 is 7.60 Å². The number of carbonyl (C=O) groups is 1. The molecule has 1 aliphatic rings. The molecule has 0 unspecified atom stereocenters. The first kappa shape index (κ1) is 10.9. The fourth-order valence-electron chi connectivity index (χ4n) is 1.13. The Balaban J connectivity index is 2.35. The topological polar surface area (TPSA) is 52.6 Å². The van der Waals surface area contributed by atoms with Gasteiger partial charge in [-0.15, -0.1) is 0 Å². The summed E-state index contributed by atoms with van der Waals surface area (Å²) in [6, 6.07) is 0. The fourth-order valence-corrected chi connectivity index (χ4v) is 2.10. The van der Waals surface area contributed by atoms with Crippen molar-refractivity contribution in [3.63, 3.8) is 0 Å². The highest BCUT2D eigenvalue weighted by molar-refractivity contribution is 7.54. The molecule has 1 fully saturated rings. The van der Waals surface area contributed by atoms with Crippen LogP contribution in [0.4, 0.5) is 0 Å². The van der Waals surface area contributed by atoms with E-state index in [2.05, 4.69) is 9.05 Å². The minimum Gasteiger partial charge on any atom is -0.312 e. The van der Waals surface area contributed by atoms with Crippen LogP contribution in [0.5, 0.6) is 0 Å². The van der Waals surface area contributed by atoms with Crippen molar-refractivity contribution in [1.82, 2.24) is 0 Å². The van der Waals surface area contributed by atoms with Gasteiger partial charge in [0.05, 0.1) is 0 Å². The van der Waals surface area contributed by atoms with Gasteiger partial charge in [-0.1, -0.05) is 0 Å². The smallest absolute Gasteiger partial charge is 0.312 e. The van der Waals surface area contributed by atoms with Gasteiger partial charge in [-0.2, -0.15) is 0 Å². The second kappa shape index (κ2) is 4.36. The summed E-state index contributed by atoms with van der Waals surface area (Å²) in [6.07, 6.45) is 2.68. The molecule has 0 aromatic carbocycles. The normalized spacial score (nSPS) is 17.4. The quantitative estimate of drug-likeness (QED) is 0.622. The number of Topliss-reactive ketones (excluding diaryl/α,β-unsaturated/α-hetero) is 1. The molecule has 5 heteroatoms. The van der Waals surface area contributed by atoms with Crippen molar-refractivity contribution in [3.05, 3.63) is 0 Å². The molecule has 0 aromatic heterocycles. The van der Waals surface area contributed by atoms with Gasteiger partial charge in [0.15, 0.2) is 0 Å². The van der Waals surface area contributed by atoms with Crippen LogP contribution in [0.1, 0.15) is 19.3 Å². The summed E-state index contributed by atoms with van der Waals surface area (Å²) in [7, 11) is -0.515. The van der Waals surface area contributed by atoms with Gasteiger partial charge < -0.3 is 9.05 Å². The molecule has 0 heterocycles. The molecule has 0 bridgehead atoms. The predicted octanol–water partition coefficient (Wildman–Crippen LogP) is 1.84. The molecule has 0 aromatic rings. The zero-order chi connectivity index (χ0) is 9.90. The Morgan fingerprint density at radius 1 is 1.38 bits per heavy atom. The molecule has 1 rings (SSSR count). The molecule has 1 saturated carbocycles. The number of hydrogen-bond donors (Lipinski definition) is 0. The lowest BCUT2D eigenvalue weighted by molar-refractivity contribution is -0.117. The molecule has 0 N–H and O–H groups in total. The third-order valence-electron chi connectivity index (χ3n) is 2.14. The lowest BCUT2D eigenvalue weighted by Gasteiger charge is -2.11. The van der Waals surface area contributed by atoms with E-state index in [1.165, 1.54) is 14.2 Å². The Labute approximate surface area is 78.1 Å². The van der Waals surface area contributed by atoms with Gasteiger partial charge in [0.2, 0.25) is 0 Å². The van der Waals surface area contributed by atoms with Gasteiger partial charge in [-0.25, -0.2) is 0 Å². The number of ketones is 1. The van der Waals surface area contributed by atoms with Crippen LogP contribution in [0.3, 0.4) is 0 Å². The Morgan fingerprint density at radius 2 is 1.92 bits per heavy atom. The SMILES string of the molecule is COP(=O)(CC(=O)CC1CC1)OC. The van der Waals surface area contributed by atoms with E-state index in [-0.39, 0.29) is 11.9 Å². The molecule has 76 valence electrons. The average molecular weight is 206 g/mol. The molecule has 0 atom stereocenters.